The van der Waals surface area contributed by atoms with Crippen LogP contribution in [-0.2, 0) is 21.4 Å². The summed E-state index contributed by atoms with van der Waals surface area (Å²) in [6.07, 6.45) is 5.34. The number of halogens is 3. The zero-order valence-electron chi connectivity index (χ0n) is 34.3. The van der Waals surface area contributed by atoms with E-state index in [2.05, 4.69) is 40.5 Å². The molecule has 1 atom stereocenters. The third-order valence-corrected chi connectivity index (χ3v) is 13.5. The fourth-order valence-corrected chi connectivity index (χ4v) is 9.96. The van der Waals surface area contributed by atoms with Gasteiger partial charge in [-0.25, -0.2) is 27.5 Å². The Morgan fingerprint density at radius 3 is 2.32 bits per heavy atom. The summed E-state index contributed by atoms with van der Waals surface area (Å²) < 4.78 is 55.7. The van der Waals surface area contributed by atoms with E-state index in [-0.39, 0.29) is 47.6 Å². The molecule has 1 aliphatic carbocycles. The predicted octanol–water partition coefficient (Wildman–Crippen LogP) is 2.71. The topological polar surface area (TPSA) is 172 Å². The third kappa shape index (κ3) is 7.18. The quantitative estimate of drug-likeness (QED) is 0.208. The van der Waals surface area contributed by atoms with Gasteiger partial charge in [0.25, 0.3) is 12.3 Å². The van der Waals surface area contributed by atoms with E-state index in [1.165, 1.54) is 33.1 Å². The van der Waals surface area contributed by atoms with E-state index in [0.29, 0.717) is 68.1 Å². The lowest BCUT2D eigenvalue weighted by Crippen LogP contribution is -2.64. The normalized spacial score (nSPS) is 23.4. The molecule has 5 aromatic rings. The van der Waals surface area contributed by atoms with Crippen molar-refractivity contribution in [3.63, 3.8) is 0 Å². The molecule has 18 nitrogen and oxygen atoms in total. The highest BCUT2D eigenvalue weighted by Crippen LogP contribution is 2.36. The van der Waals surface area contributed by atoms with Gasteiger partial charge in [0.05, 0.1) is 42.3 Å². The van der Waals surface area contributed by atoms with E-state index < -0.39 is 41.5 Å². The molecule has 0 bridgehead atoms. The van der Waals surface area contributed by atoms with Crippen LogP contribution in [0.4, 0.5) is 30.4 Å². The highest BCUT2D eigenvalue weighted by molar-refractivity contribution is 6.08. The summed E-state index contributed by atoms with van der Waals surface area (Å²) in [6, 6.07) is 4.83. The van der Waals surface area contributed by atoms with Crippen LogP contribution in [-0.4, -0.2) is 139 Å². The number of piperazine rings is 1. The number of nitrogens with zero attached hydrogens (tertiary/aromatic N) is 11. The van der Waals surface area contributed by atoms with Gasteiger partial charge in [-0.1, -0.05) is 0 Å². The average molecular weight is 860 g/mol. The molecule has 8 heterocycles. The van der Waals surface area contributed by atoms with Crippen LogP contribution in [0.3, 0.4) is 0 Å². The first-order chi connectivity index (χ1) is 30.0. The van der Waals surface area contributed by atoms with E-state index in [1.54, 1.807) is 23.0 Å². The zero-order valence-corrected chi connectivity index (χ0v) is 34.3. The number of aromatic nitrogens is 7. The average Bonchev–Trinajstić information content (AvgIpc) is 3.96. The number of aryl methyl sites for hydroxylation is 1. The molecule has 1 saturated carbocycles. The summed E-state index contributed by atoms with van der Waals surface area (Å²) >= 11 is 0. The molecule has 4 saturated heterocycles. The van der Waals surface area contributed by atoms with Crippen molar-refractivity contribution in [2.45, 2.75) is 69.1 Å². The highest BCUT2D eigenvalue weighted by atomic mass is 19.3. The lowest BCUT2D eigenvalue weighted by atomic mass is 9.89. The molecule has 4 aromatic heterocycles. The number of fused-ring (bicyclic) bond motifs is 2. The summed E-state index contributed by atoms with van der Waals surface area (Å²) in [4.78, 5) is 64.6. The SMILES string of the molecule is Cn1c(=O)n(C2CCC(=O)NC2=O)c2ccc(N3CC(N4CCN(C5CCC(n6cc(NC(=O)c7cnn8ccc(N9CCOCC9)nc78)c(C(F)F)n6)CC5)CC4)C3)c(F)c21. The van der Waals surface area contributed by atoms with Crippen LogP contribution in [0, 0.1) is 5.82 Å². The summed E-state index contributed by atoms with van der Waals surface area (Å²) in [6.45, 7) is 7.31. The summed E-state index contributed by atoms with van der Waals surface area (Å²) in [5.41, 5.74) is 0.360. The first kappa shape index (κ1) is 40.3. The first-order valence-corrected chi connectivity index (χ1v) is 21.3. The number of hydrogen-bond donors (Lipinski definition) is 2. The summed E-state index contributed by atoms with van der Waals surface area (Å²) in [5, 5.41) is 13.5. The third-order valence-electron chi connectivity index (χ3n) is 13.5. The second kappa shape index (κ2) is 16.2. The molecule has 2 N–H and O–H groups in total. The Hall–Kier alpha value is -5.80. The number of imidazole rings is 1. The number of amides is 3. The molecule has 328 valence electrons. The molecule has 1 aromatic carbocycles. The lowest BCUT2D eigenvalue weighted by Gasteiger charge is -2.50. The minimum atomic E-state index is -2.88. The number of piperidine rings is 1. The van der Waals surface area contributed by atoms with Crippen LogP contribution in [0.15, 0.2) is 41.6 Å². The molecular formula is C41H48F3N13O5. The zero-order chi connectivity index (χ0) is 42.8. The maximum Gasteiger partial charge on any atom is 0.329 e. The number of alkyl halides is 2. The predicted molar refractivity (Wildman–Crippen MR) is 220 cm³/mol. The smallest absolute Gasteiger partial charge is 0.329 e. The van der Waals surface area contributed by atoms with Crippen molar-refractivity contribution in [3.05, 3.63) is 64.3 Å². The Balaban J connectivity index is 0.727. The number of morpholine rings is 1. The van der Waals surface area contributed by atoms with Gasteiger partial charge in [-0.2, -0.15) is 10.2 Å². The molecule has 4 aliphatic heterocycles. The number of benzene rings is 1. The van der Waals surface area contributed by atoms with Crippen LogP contribution < -0.4 is 26.1 Å². The van der Waals surface area contributed by atoms with Crippen LogP contribution in [0.25, 0.3) is 16.7 Å². The largest absolute Gasteiger partial charge is 0.378 e. The second-order valence-corrected chi connectivity index (χ2v) is 16.9. The van der Waals surface area contributed by atoms with Gasteiger partial charge in [-0.3, -0.25) is 43.3 Å². The maximum absolute atomic E-state index is 16.1. The minimum absolute atomic E-state index is 0.0285. The Labute approximate surface area is 353 Å². The molecule has 5 aliphatic rings. The summed E-state index contributed by atoms with van der Waals surface area (Å²) in [7, 11) is 1.49. The number of imide groups is 1. The molecule has 0 spiro atoms. The maximum atomic E-state index is 16.1. The van der Waals surface area contributed by atoms with E-state index in [1.807, 2.05) is 11.0 Å². The Morgan fingerprint density at radius 2 is 1.61 bits per heavy atom. The van der Waals surface area contributed by atoms with Gasteiger partial charge in [0.1, 0.15) is 22.9 Å². The van der Waals surface area contributed by atoms with Crippen LogP contribution in [0.1, 0.15) is 73.1 Å². The van der Waals surface area contributed by atoms with Gasteiger partial charge in [0.15, 0.2) is 17.2 Å². The Kier molecular flexibility index (Phi) is 10.5. The van der Waals surface area contributed by atoms with Crippen molar-refractivity contribution in [1.29, 1.82) is 0 Å². The number of rotatable bonds is 9. The van der Waals surface area contributed by atoms with Crippen molar-refractivity contribution < 1.29 is 32.3 Å². The molecule has 62 heavy (non-hydrogen) atoms. The molecule has 21 heteroatoms. The van der Waals surface area contributed by atoms with Gasteiger partial charge >= 0.3 is 5.69 Å². The molecule has 5 fully saturated rings. The molecule has 10 rings (SSSR count). The number of hydrogen-bond acceptors (Lipinski definition) is 12. The molecule has 1 unspecified atom stereocenters. The number of ether oxygens (including phenoxy) is 1. The van der Waals surface area contributed by atoms with Crippen molar-refractivity contribution >= 4 is 51.6 Å². The van der Waals surface area contributed by atoms with Crippen molar-refractivity contribution in [3.8, 4) is 0 Å². The van der Waals surface area contributed by atoms with E-state index in [4.69, 9.17) is 4.74 Å². The van der Waals surface area contributed by atoms with Crippen LogP contribution >= 0.6 is 0 Å². The van der Waals surface area contributed by atoms with Gasteiger partial charge in [0, 0.05) is 90.3 Å². The van der Waals surface area contributed by atoms with Gasteiger partial charge in [0.2, 0.25) is 11.8 Å². The van der Waals surface area contributed by atoms with E-state index in [9.17, 15) is 28.0 Å². The van der Waals surface area contributed by atoms with Crippen molar-refractivity contribution in [2.75, 3.05) is 80.7 Å². The Morgan fingerprint density at radius 1 is 0.903 bits per heavy atom. The fraction of sp³-hybridized carbons (Fsp3) is 0.537. The lowest BCUT2D eigenvalue weighted by molar-refractivity contribution is -0.135. The van der Waals surface area contributed by atoms with Crippen molar-refractivity contribution in [2.24, 2.45) is 7.05 Å². The van der Waals surface area contributed by atoms with E-state index in [0.717, 1.165) is 51.9 Å². The van der Waals surface area contributed by atoms with Crippen molar-refractivity contribution in [1.82, 2.24) is 48.6 Å². The number of carbonyl (C=O) groups is 3. The van der Waals surface area contributed by atoms with Gasteiger partial charge in [-0.05, 0) is 50.3 Å². The standard InChI is InChI=1S/C41H48F3N13O5/c1-50-36-30(57(41(50)61)31-8-9-33(58)48-40(31)60)7-6-29(34(36)42)54-21-26(22-54)52-14-12-51(13-15-52)24-2-4-25(5-3-24)56-23-28(35(49-56)37(43)44)46-39(59)27-20-45-55-11-10-32(47-38(27)55)53-16-18-62-19-17-53/h6-7,10-11,20,23-26,31,37H,2-5,8-9,12-19,21-22H2,1H3,(H,46,59)(H,48,58,60). The van der Waals surface area contributed by atoms with E-state index >= 15 is 4.39 Å². The molecule has 3 amide bonds. The van der Waals surface area contributed by atoms with Crippen LogP contribution in [0.5, 0.6) is 0 Å². The fourth-order valence-electron chi connectivity index (χ4n) is 9.96. The highest BCUT2D eigenvalue weighted by Gasteiger charge is 2.38. The number of nitrogens with one attached hydrogen (secondary N) is 2. The molecule has 0 radical (unpaired) electrons. The van der Waals surface area contributed by atoms with Gasteiger partial charge < -0.3 is 19.9 Å². The van der Waals surface area contributed by atoms with Gasteiger partial charge in [-0.15, -0.1) is 0 Å². The van der Waals surface area contributed by atoms with Crippen LogP contribution in [0.2, 0.25) is 0 Å². The number of anilines is 3. The minimum Gasteiger partial charge on any atom is -0.378 e. The first-order valence-electron chi connectivity index (χ1n) is 21.3. The Bertz CT molecular complexity index is 2600. The second-order valence-electron chi connectivity index (χ2n) is 16.9. The number of carbonyl (C=O) groups excluding carboxylic acids is 3. The molecular weight excluding hydrogens is 812 g/mol. The summed E-state index contributed by atoms with van der Waals surface area (Å²) in [5.74, 6) is -1.36. The monoisotopic (exact) mass is 859 g/mol.